The highest BCUT2D eigenvalue weighted by molar-refractivity contribution is 4.70. The second-order valence-electron chi connectivity index (χ2n) is 4.79. The topological polar surface area (TPSA) is 21.7 Å². The molecule has 0 radical (unpaired) electrons. The van der Waals surface area contributed by atoms with Crippen molar-refractivity contribution in [1.82, 2.24) is 4.90 Å². The van der Waals surface area contributed by atoms with Crippen molar-refractivity contribution in [1.29, 1.82) is 0 Å². The number of methoxy groups -OCH3 is 2. The number of rotatable bonds is 8. The summed E-state index contributed by atoms with van der Waals surface area (Å²) in [6.07, 6.45) is 7.11. The lowest BCUT2D eigenvalue weighted by molar-refractivity contribution is 0.0983. The van der Waals surface area contributed by atoms with Crippen LogP contribution in [0.5, 0.6) is 0 Å². The number of hydrogen-bond acceptors (Lipinski definition) is 3. The molecular weight excluding hydrogens is 202 g/mol. The van der Waals surface area contributed by atoms with Crippen molar-refractivity contribution in [3.8, 4) is 0 Å². The molecule has 0 spiro atoms. The van der Waals surface area contributed by atoms with Crippen molar-refractivity contribution in [2.45, 2.75) is 32.1 Å². The Bertz CT molecular complexity index is 150. The molecule has 1 saturated carbocycles. The minimum absolute atomic E-state index is 0.830. The summed E-state index contributed by atoms with van der Waals surface area (Å²) in [5.41, 5.74) is 0. The summed E-state index contributed by atoms with van der Waals surface area (Å²) in [5.74, 6) is 0.905. The van der Waals surface area contributed by atoms with Crippen LogP contribution in [0.4, 0.5) is 0 Å². The van der Waals surface area contributed by atoms with Gasteiger partial charge in [0.2, 0.25) is 0 Å². The minimum atomic E-state index is 0.830. The quantitative estimate of drug-likeness (QED) is 0.636. The van der Waals surface area contributed by atoms with Gasteiger partial charge < -0.3 is 9.47 Å². The van der Waals surface area contributed by atoms with E-state index in [-0.39, 0.29) is 0 Å². The van der Waals surface area contributed by atoms with Crippen LogP contribution >= 0.6 is 0 Å². The summed E-state index contributed by atoms with van der Waals surface area (Å²) in [6, 6.07) is 0. The minimum Gasteiger partial charge on any atom is -0.383 e. The van der Waals surface area contributed by atoms with E-state index in [1.807, 2.05) is 0 Å². The molecule has 1 rings (SSSR count). The van der Waals surface area contributed by atoms with Gasteiger partial charge in [0, 0.05) is 33.9 Å². The maximum atomic E-state index is 5.16. The third-order valence-electron chi connectivity index (χ3n) is 3.46. The lowest BCUT2D eigenvalue weighted by Gasteiger charge is -2.29. The molecule has 96 valence electrons. The van der Waals surface area contributed by atoms with Gasteiger partial charge in [0.25, 0.3) is 0 Å². The molecule has 1 fully saturated rings. The molecular formula is C13H27NO2. The molecule has 3 nitrogen and oxygen atoms in total. The van der Waals surface area contributed by atoms with Crippen molar-refractivity contribution in [2.24, 2.45) is 5.92 Å². The van der Waals surface area contributed by atoms with Crippen LogP contribution in [-0.4, -0.2) is 52.0 Å². The van der Waals surface area contributed by atoms with Crippen molar-refractivity contribution < 1.29 is 9.47 Å². The second kappa shape index (κ2) is 8.97. The van der Waals surface area contributed by atoms with Crippen LogP contribution in [0.2, 0.25) is 0 Å². The fourth-order valence-corrected chi connectivity index (χ4v) is 2.47. The Morgan fingerprint density at radius 2 is 1.50 bits per heavy atom. The highest BCUT2D eigenvalue weighted by atomic mass is 16.5. The molecule has 0 N–H and O–H groups in total. The third-order valence-corrected chi connectivity index (χ3v) is 3.46. The maximum absolute atomic E-state index is 5.16. The smallest absolute Gasteiger partial charge is 0.0589 e. The van der Waals surface area contributed by atoms with Gasteiger partial charge in [-0.05, 0) is 18.8 Å². The van der Waals surface area contributed by atoms with E-state index >= 15 is 0 Å². The Balaban J connectivity index is 2.23. The first kappa shape index (κ1) is 13.9. The summed E-state index contributed by atoms with van der Waals surface area (Å²) in [4.78, 5) is 2.49. The molecule has 0 aliphatic heterocycles. The highest BCUT2D eigenvalue weighted by Crippen LogP contribution is 2.24. The van der Waals surface area contributed by atoms with Gasteiger partial charge in [-0.1, -0.05) is 19.3 Å². The van der Waals surface area contributed by atoms with Crippen LogP contribution in [0.15, 0.2) is 0 Å². The molecule has 0 bridgehead atoms. The highest BCUT2D eigenvalue weighted by Gasteiger charge is 2.16. The summed E-state index contributed by atoms with van der Waals surface area (Å²) < 4.78 is 10.3. The molecule has 1 aliphatic carbocycles. The van der Waals surface area contributed by atoms with E-state index in [1.165, 1.54) is 38.6 Å². The predicted octanol–water partition coefficient (Wildman–Crippen LogP) is 2.16. The fraction of sp³-hybridized carbons (Fsp3) is 1.00. The lowest BCUT2D eigenvalue weighted by Crippen LogP contribution is -2.35. The van der Waals surface area contributed by atoms with E-state index in [4.69, 9.17) is 9.47 Å². The first-order chi connectivity index (χ1) is 7.86. The van der Waals surface area contributed by atoms with Crippen LogP contribution in [0, 0.1) is 5.92 Å². The molecule has 0 aromatic carbocycles. The van der Waals surface area contributed by atoms with Crippen LogP contribution in [0.1, 0.15) is 32.1 Å². The van der Waals surface area contributed by atoms with Gasteiger partial charge in [0.15, 0.2) is 0 Å². The molecule has 3 heteroatoms. The number of hydrogen-bond donors (Lipinski definition) is 0. The van der Waals surface area contributed by atoms with Gasteiger partial charge >= 0.3 is 0 Å². The molecule has 0 atom stereocenters. The molecule has 0 amide bonds. The van der Waals surface area contributed by atoms with Crippen LogP contribution < -0.4 is 0 Å². The average Bonchev–Trinajstić information content (AvgIpc) is 2.34. The molecule has 0 aromatic heterocycles. The Morgan fingerprint density at radius 3 is 2.00 bits per heavy atom. The zero-order valence-electron chi connectivity index (χ0n) is 10.9. The van der Waals surface area contributed by atoms with Gasteiger partial charge in [-0.15, -0.1) is 0 Å². The summed E-state index contributed by atoms with van der Waals surface area (Å²) in [6.45, 7) is 4.96. The van der Waals surface area contributed by atoms with Gasteiger partial charge in [-0.2, -0.15) is 0 Å². The van der Waals surface area contributed by atoms with Crippen molar-refractivity contribution in [3.05, 3.63) is 0 Å². The van der Waals surface area contributed by atoms with Crippen LogP contribution in [0.25, 0.3) is 0 Å². The zero-order chi connectivity index (χ0) is 11.6. The van der Waals surface area contributed by atoms with E-state index in [0.717, 1.165) is 32.2 Å². The Kier molecular flexibility index (Phi) is 7.81. The van der Waals surface area contributed by atoms with E-state index in [1.54, 1.807) is 14.2 Å². The second-order valence-corrected chi connectivity index (χ2v) is 4.79. The Labute approximate surface area is 100 Å². The molecule has 0 heterocycles. The SMILES string of the molecule is COCCN(CCOC)CC1CCCCC1. The van der Waals surface area contributed by atoms with E-state index in [9.17, 15) is 0 Å². The number of ether oxygens (including phenoxy) is 2. The molecule has 0 aromatic rings. The third kappa shape index (κ3) is 5.83. The molecule has 0 unspecified atom stereocenters. The lowest BCUT2D eigenvalue weighted by atomic mass is 9.89. The molecule has 1 aliphatic rings. The first-order valence-electron chi connectivity index (χ1n) is 6.57. The fourth-order valence-electron chi connectivity index (χ4n) is 2.47. The van der Waals surface area contributed by atoms with E-state index in [2.05, 4.69) is 4.90 Å². The zero-order valence-corrected chi connectivity index (χ0v) is 10.9. The van der Waals surface area contributed by atoms with E-state index in [0.29, 0.717) is 0 Å². The average molecular weight is 229 g/mol. The van der Waals surface area contributed by atoms with Crippen molar-refractivity contribution in [3.63, 3.8) is 0 Å². The van der Waals surface area contributed by atoms with Gasteiger partial charge in [-0.3, -0.25) is 4.90 Å². The van der Waals surface area contributed by atoms with Gasteiger partial charge in [-0.25, -0.2) is 0 Å². The van der Waals surface area contributed by atoms with E-state index < -0.39 is 0 Å². The van der Waals surface area contributed by atoms with Crippen LogP contribution in [0.3, 0.4) is 0 Å². The Morgan fingerprint density at radius 1 is 0.938 bits per heavy atom. The Hall–Kier alpha value is -0.120. The molecule has 16 heavy (non-hydrogen) atoms. The van der Waals surface area contributed by atoms with Crippen molar-refractivity contribution in [2.75, 3.05) is 47.1 Å². The summed E-state index contributed by atoms with van der Waals surface area (Å²) >= 11 is 0. The summed E-state index contributed by atoms with van der Waals surface area (Å²) in [5, 5.41) is 0. The monoisotopic (exact) mass is 229 g/mol. The normalized spacial score (nSPS) is 18.2. The first-order valence-corrected chi connectivity index (χ1v) is 6.57. The largest absolute Gasteiger partial charge is 0.383 e. The predicted molar refractivity (Wildman–Crippen MR) is 66.8 cm³/mol. The van der Waals surface area contributed by atoms with Crippen molar-refractivity contribution >= 4 is 0 Å². The van der Waals surface area contributed by atoms with Gasteiger partial charge in [0.1, 0.15) is 0 Å². The standard InChI is InChI=1S/C13H27NO2/c1-15-10-8-14(9-11-16-2)12-13-6-4-3-5-7-13/h13H,3-12H2,1-2H3. The maximum Gasteiger partial charge on any atom is 0.0589 e. The van der Waals surface area contributed by atoms with Gasteiger partial charge in [0.05, 0.1) is 13.2 Å². The molecule has 0 saturated heterocycles. The number of nitrogens with zero attached hydrogens (tertiary/aromatic N) is 1. The van der Waals surface area contributed by atoms with Crippen LogP contribution in [-0.2, 0) is 9.47 Å². The summed E-state index contributed by atoms with van der Waals surface area (Å²) in [7, 11) is 3.55.